The Hall–Kier alpha value is -2.21. The van der Waals surface area contributed by atoms with Crippen LogP contribution in [0.4, 0.5) is 11.4 Å². The van der Waals surface area contributed by atoms with Crippen molar-refractivity contribution >= 4 is 17.3 Å². The summed E-state index contributed by atoms with van der Waals surface area (Å²) in [6.45, 7) is 0. The Labute approximate surface area is 104 Å². The van der Waals surface area contributed by atoms with Gasteiger partial charge in [0.15, 0.2) is 0 Å². The Balaban J connectivity index is 2.12. The second kappa shape index (κ2) is 4.97. The summed E-state index contributed by atoms with van der Waals surface area (Å²) < 4.78 is 0. The molecule has 2 unspecified atom stereocenters. The van der Waals surface area contributed by atoms with Crippen molar-refractivity contribution in [1.82, 2.24) is 0 Å². The van der Waals surface area contributed by atoms with Gasteiger partial charge in [0, 0.05) is 12.1 Å². The molecule has 3 N–H and O–H groups in total. The van der Waals surface area contributed by atoms with Crippen LogP contribution in [0.15, 0.2) is 36.4 Å². The summed E-state index contributed by atoms with van der Waals surface area (Å²) in [4.78, 5) is 22.2. The molecule has 0 spiro atoms. The van der Waals surface area contributed by atoms with Crippen molar-refractivity contribution in [2.45, 2.75) is 12.5 Å². The number of nitrogens with one attached hydrogen (secondary N) is 1. The van der Waals surface area contributed by atoms with E-state index in [1.807, 2.05) is 0 Å². The minimum absolute atomic E-state index is 0.114. The molecule has 18 heavy (non-hydrogen) atoms. The van der Waals surface area contributed by atoms with Gasteiger partial charge in [-0.3, -0.25) is 14.9 Å². The maximum Gasteiger partial charge on any atom is 0.292 e. The number of rotatable bonds is 3. The fraction of sp³-hybridized carbons (Fsp3) is 0.250. The van der Waals surface area contributed by atoms with Gasteiger partial charge in [-0.15, -0.1) is 0 Å². The Bertz CT molecular complexity index is 513. The second-order valence-electron chi connectivity index (χ2n) is 4.15. The molecular weight excluding hydrogens is 234 g/mol. The van der Waals surface area contributed by atoms with Gasteiger partial charge in [-0.05, 0) is 12.5 Å². The smallest absolute Gasteiger partial charge is 0.292 e. The van der Waals surface area contributed by atoms with Crippen LogP contribution < -0.4 is 11.1 Å². The van der Waals surface area contributed by atoms with Gasteiger partial charge in [-0.25, -0.2) is 0 Å². The molecule has 0 heterocycles. The molecule has 6 nitrogen and oxygen atoms in total. The van der Waals surface area contributed by atoms with E-state index in [1.54, 1.807) is 24.3 Å². The summed E-state index contributed by atoms with van der Waals surface area (Å²) in [5.74, 6) is -0.590. The van der Waals surface area contributed by atoms with Gasteiger partial charge in [0.1, 0.15) is 5.69 Å². The van der Waals surface area contributed by atoms with Crippen LogP contribution in [-0.2, 0) is 4.79 Å². The number of carbonyl (C=O) groups excluding carboxylic acids is 1. The van der Waals surface area contributed by atoms with Gasteiger partial charge in [-0.1, -0.05) is 24.3 Å². The molecule has 1 aliphatic carbocycles. The van der Waals surface area contributed by atoms with E-state index in [-0.39, 0.29) is 29.2 Å². The molecule has 1 amide bonds. The third kappa shape index (κ3) is 2.54. The molecule has 6 heteroatoms. The Morgan fingerprint density at radius 1 is 1.39 bits per heavy atom. The Morgan fingerprint density at radius 3 is 2.72 bits per heavy atom. The molecule has 0 aromatic heterocycles. The number of amides is 1. The highest BCUT2D eigenvalue weighted by molar-refractivity contribution is 5.95. The molecule has 0 saturated carbocycles. The topological polar surface area (TPSA) is 98.3 Å². The van der Waals surface area contributed by atoms with Crippen molar-refractivity contribution in [3.8, 4) is 0 Å². The minimum atomic E-state index is -0.522. The number of anilines is 1. The first-order chi connectivity index (χ1) is 8.58. The van der Waals surface area contributed by atoms with Gasteiger partial charge in [-0.2, -0.15) is 0 Å². The molecule has 1 aliphatic rings. The standard InChI is InChI=1S/C12H13N3O3/c13-9-6-5-8(7-9)12(16)14-10-3-1-2-4-11(10)15(17)18/h1-6,8-9H,7,13H2,(H,14,16). The third-order valence-electron chi connectivity index (χ3n) is 2.81. The highest BCUT2D eigenvalue weighted by Crippen LogP contribution is 2.25. The van der Waals surface area contributed by atoms with E-state index in [1.165, 1.54) is 12.1 Å². The number of carbonyl (C=O) groups is 1. The average Bonchev–Trinajstić information content (AvgIpc) is 2.76. The average molecular weight is 247 g/mol. The molecule has 0 fully saturated rings. The number of nitro benzene ring substituents is 1. The van der Waals surface area contributed by atoms with Gasteiger partial charge in [0.25, 0.3) is 5.69 Å². The third-order valence-corrected chi connectivity index (χ3v) is 2.81. The van der Waals surface area contributed by atoms with Crippen LogP contribution >= 0.6 is 0 Å². The molecular formula is C12H13N3O3. The Kier molecular flexibility index (Phi) is 3.38. The van der Waals surface area contributed by atoms with Crippen molar-refractivity contribution in [2.75, 3.05) is 5.32 Å². The SMILES string of the molecule is NC1C=CC(C(=O)Nc2ccccc2[N+](=O)[O-])C1. The maximum absolute atomic E-state index is 11.9. The molecule has 2 rings (SSSR count). The zero-order valence-corrected chi connectivity index (χ0v) is 9.58. The fourth-order valence-corrected chi connectivity index (χ4v) is 1.89. The van der Waals surface area contributed by atoms with Crippen LogP contribution in [0, 0.1) is 16.0 Å². The largest absolute Gasteiger partial charge is 0.324 e. The first-order valence-corrected chi connectivity index (χ1v) is 5.56. The van der Waals surface area contributed by atoms with E-state index in [0.29, 0.717) is 6.42 Å². The lowest BCUT2D eigenvalue weighted by Crippen LogP contribution is -2.24. The van der Waals surface area contributed by atoms with Crippen molar-refractivity contribution in [1.29, 1.82) is 0 Å². The zero-order chi connectivity index (χ0) is 13.1. The molecule has 2 atom stereocenters. The van der Waals surface area contributed by atoms with E-state index >= 15 is 0 Å². The van der Waals surface area contributed by atoms with E-state index < -0.39 is 4.92 Å². The normalized spacial score (nSPS) is 21.8. The van der Waals surface area contributed by atoms with Crippen LogP contribution in [-0.4, -0.2) is 16.9 Å². The molecule has 1 aromatic rings. The summed E-state index contributed by atoms with van der Waals surface area (Å²) >= 11 is 0. The first kappa shape index (κ1) is 12.3. The molecule has 0 bridgehead atoms. The van der Waals surface area contributed by atoms with Crippen LogP contribution in [0.2, 0.25) is 0 Å². The summed E-state index contributed by atoms with van der Waals surface area (Å²) in [5, 5.41) is 13.4. The first-order valence-electron chi connectivity index (χ1n) is 5.56. The maximum atomic E-state index is 11.9. The zero-order valence-electron chi connectivity index (χ0n) is 9.58. The monoisotopic (exact) mass is 247 g/mol. The number of hydrogen-bond acceptors (Lipinski definition) is 4. The van der Waals surface area contributed by atoms with Gasteiger partial charge >= 0.3 is 0 Å². The van der Waals surface area contributed by atoms with E-state index in [0.717, 1.165) is 0 Å². The van der Waals surface area contributed by atoms with Crippen molar-refractivity contribution < 1.29 is 9.72 Å². The molecule has 94 valence electrons. The summed E-state index contributed by atoms with van der Waals surface area (Å²) in [7, 11) is 0. The van der Waals surface area contributed by atoms with E-state index in [9.17, 15) is 14.9 Å². The second-order valence-corrected chi connectivity index (χ2v) is 4.15. The highest BCUT2D eigenvalue weighted by Gasteiger charge is 2.24. The van der Waals surface area contributed by atoms with Crippen molar-refractivity contribution in [3.05, 3.63) is 46.5 Å². The van der Waals surface area contributed by atoms with Gasteiger partial charge in [0.05, 0.1) is 10.8 Å². The summed E-state index contributed by atoms with van der Waals surface area (Å²) in [5.41, 5.74) is 5.76. The lowest BCUT2D eigenvalue weighted by atomic mass is 10.1. The van der Waals surface area contributed by atoms with E-state index in [4.69, 9.17) is 5.73 Å². The van der Waals surface area contributed by atoms with Crippen LogP contribution in [0.3, 0.4) is 0 Å². The predicted octanol–water partition coefficient (Wildman–Crippen LogP) is 1.44. The van der Waals surface area contributed by atoms with Crippen molar-refractivity contribution in [3.63, 3.8) is 0 Å². The quantitative estimate of drug-likeness (QED) is 0.479. The van der Waals surface area contributed by atoms with Crippen LogP contribution in [0.25, 0.3) is 0 Å². The number of benzene rings is 1. The number of nitro groups is 1. The molecule has 0 aliphatic heterocycles. The highest BCUT2D eigenvalue weighted by atomic mass is 16.6. The lowest BCUT2D eigenvalue weighted by molar-refractivity contribution is -0.383. The minimum Gasteiger partial charge on any atom is -0.324 e. The molecule has 0 saturated heterocycles. The van der Waals surface area contributed by atoms with Crippen LogP contribution in [0.1, 0.15) is 6.42 Å². The fourth-order valence-electron chi connectivity index (χ4n) is 1.89. The molecule has 1 aromatic carbocycles. The summed E-state index contributed by atoms with van der Waals surface area (Å²) in [6, 6.07) is 5.94. The predicted molar refractivity (Wildman–Crippen MR) is 66.9 cm³/mol. The van der Waals surface area contributed by atoms with Gasteiger partial charge < -0.3 is 11.1 Å². The lowest BCUT2D eigenvalue weighted by Gasteiger charge is -2.10. The number of nitrogens with zero attached hydrogens (tertiary/aromatic N) is 1. The van der Waals surface area contributed by atoms with Crippen LogP contribution in [0.5, 0.6) is 0 Å². The summed E-state index contributed by atoms with van der Waals surface area (Å²) in [6.07, 6.45) is 4.03. The van der Waals surface area contributed by atoms with Gasteiger partial charge in [0.2, 0.25) is 5.91 Å². The molecule has 0 radical (unpaired) electrons. The van der Waals surface area contributed by atoms with Crippen molar-refractivity contribution in [2.24, 2.45) is 11.7 Å². The number of hydrogen-bond donors (Lipinski definition) is 2. The van der Waals surface area contributed by atoms with E-state index in [2.05, 4.69) is 5.32 Å². The number of para-hydroxylation sites is 2. The number of nitrogens with two attached hydrogens (primary N) is 1. The Morgan fingerprint density at radius 2 is 2.11 bits per heavy atom.